The smallest absolute Gasteiger partial charge is 0.271 e. The number of fused-ring (bicyclic) bond motifs is 1. The van der Waals surface area contributed by atoms with Gasteiger partial charge < -0.3 is 10.1 Å². The van der Waals surface area contributed by atoms with Crippen LogP contribution in [-0.4, -0.2) is 35.8 Å². The Hall–Kier alpha value is -2.37. The molecule has 136 valence electrons. The first-order valence-corrected chi connectivity index (χ1v) is 8.67. The molecule has 2 rings (SSSR count). The van der Waals surface area contributed by atoms with Crippen LogP contribution in [0.2, 0.25) is 0 Å². The molecule has 1 heterocycles. The van der Waals surface area contributed by atoms with E-state index in [1.807, 2.05) is 13.8 Å². The summed E-state index contributed by atoms with van der Waals surface area (Å²) < 4.78 is 5.78. The molecule has 0 saturated heterocycles. The molecule has 0 fully saturated rings. The van der Waals surface area contributed by atoms with Gasteiger partial charge in [0.15, 0.2) is 11.4 Å². The highest BCUT2D eigenvalue weighted by Gasteiger charge is 2.41. The normalized spacial score (nSPS) is 16.7. The number of nitrogens with zero attached hydrogens (tertiary/aromatic N) is 1. The third-order valence-electron chi connectivity index (χ3n) is 4.34. The fourth-order valence-electron chi connectivity index (χ4n) is 2.67. The summed E-state index contributed by atoms with van der Waals surface area (Å²) in [4.78, 5) is 38.5. The maximum Gasteiger partial charge on any atom is 0.271 e. The minimum atomic E-state index is -1.07. The van der Waals surface area contributed by atoms with Crippen LogP contribution in [0.4, 0.5) is 5.69 Å². The Morgan fingerprint density at radius 1 is 1.28 bits per heavy atom. The van der Waals surface area contributed by atoms with Crippen LogP contribution in [0.25, 0.3) is 0 Å². The lowest BCUT2D eigenvalue weighted by Gasteiger charge is -2.38. The van der Waals surface area contributed by atoms with E-state index in [-0.39, 0.29) is 30.2 Å². The van der Waals surface area contributed by atoms with E-state index in [9.17, 15) is 14.4 Å². The number of benzene rings is 1. The lowest BCUT2D eigenvalue weighted by molar-refractivity contribution is -0.134. The van der Waals surface area contributed by atoms with Crippen molar-refractivity contribution in [2.24, 2.45) is 0 Å². The second kappa shape index (κ2) is 7.25. The van der Waals surface area contributed by atoms with Crippen LogP contribution < -0.4 is 15.0 Å². The van der Waals surface area contributed by atoms with Crippen molar-refractivity contribution >= 4 is 23.3 Å². The number of rotatable bonds is 6. The Balaban J connectivity index is 2.38. The quantitative estimate of drug-likeness (QED) is 0.804. The number of Topliss-reactive ketones (excluding diaryl/α,β-unsaturated/α-hetero) is 1. The Kier molecular flexibility index (Phi) is 5.50. The highest BCUT2D eigenvalue weighted by atomic mass is 16.5. The monoisotopic (exact) mass is 346 g/mol. The van der Waals surface area contributed by atoms with Gasteiger partial charge >= 0.3 is 0 Å². The van der Waals surface area contributed by atoms with Gasteiger partial charge in [-0.05, 0) is 45.4 Å². The van der Waals surface area contributed by atoms with E-state index in [0.717, 1.165) is 6.42 Å². The lowest BCUT2D eigenvalue weighted by atomic mass is 10.0. The number of hydrogen-bond donors (Lipinski definition) is 1. The van der Waals surface area contributed by atoms with Crippen LogP contribution in [0.3, 0.4) is 0 Å². The van der Waals surface area contributed by atoms with Crippen molar-refractivity contribution in [2.75, 3.05) is 11.4 Å². The summed E-state index contributed by atoms with van der Waals surface area (Å²) >= 11 is 0. The minimum absolute atomic E-state index is 0.0240. The van der Waals surface area contributed by atoms with Crippen molar-refractivity contribution in [3.63, 3.8) is 0 Å². The number of ketones is 1. The molecule has 1 aromatic rings. The van der Waals surface area contributed by atoms with Crippen molar-refractivity contribution < 1.29 is 19.1 Å². The Morgan fingerprint density at radius 2 is 1.96 bits per heavy atom. The largest absolute Gasteiger partial charge is 0.476 e. The summed E-state index contributed by atoms with van der Waals surface area (Å²) in [7, 11) is 0. The van der Waals surface area contributed by atoms with Gasteiger partial charge in [0.1, 0.15) is 12.3 Å². The molecular weight excluding hydrogens is 320 g/mol. The SMILES string of the molecule is CCC(=O)c1ccc2c(c1)N(CC(=O)NC(C)CC)C(=O)C(C)(C)O2. The van der Waals surface area contributed by atoms with Crippen molar-refractivity contribution in [1.29, 1.82) is 0 Å². The van der Waals surface area contributed by atoms with Crippen molar-refractivity contribution in [3.8, 4) is 5.75 Å². The molecule has 1 unspecified atom stereocenters. The van der Waals surface area contributed by atoms with E-state index >= 15 is 0 Å². The lowest BCUT2D eigenvalue weighted by Crippen LogP contribution is -2.55. The number of amides is 2. The minimum Gasteiger partial charge on any atom is -0.476 e. The van der Waals surface area contributed by atoms with Crippen molar-refractivity contribution in [2.45, 2.75) is 59.1 Å². The molecule has 1 aliphatic rings. The van der Waals surface area contributed by atoms with Crippen LogP contribution in [-0.2, 0) is 9.59 Å². The molecule has 25 heavy (non-hydrogen) atoms. The van der Waals surface area contributed by atoms with Crippen LogP contribution in [0.1, 0.15) is 57.8 Å². The van der Waals surface area contributed by atoms with Gasteiger partial charge in [-0.15, -0.1) is 0 Å². The van der Waals surface area contributed by atoms with E-state index in [1.165, 1.54) is 4.90 Å². The zero-order valence-electron chi connectivity index (χ0n) is 15.5. The predicted octanol–water partition coefficient (Wildman–Crippen LogP) is 2.70. The summed E-state index contributed by atoms with van der Waals surface area (Å²) in [6.07, 6.45) is 1.17. The zero-order chi connectivity index (χ0) is 18.8. The maximum absolute atomic E-state index is 12.8. The van der Waals surface area contributed by atoms with Gasteiger partial charge in [0.05, 0.1) is 5.69 Å². The fourth-order valence-corrected chi connectivity index (χ4v) is 2.67. The fraction of sp³-hybridized carbons (Fsp3) is 0.526. The summed E-state index contributed by atoms with van der Waals surface area (Å²) in [6.45, 7) is 8.91. The highest BCUT2D eigenvalue weighted by Crippen LogP contribution is 2.38. The number of nitrogens with one attached hydrogen (secondary N) is 1. The molecule has 6 heteroatoms. The van der Waals surface area contributed by atoms with Gasteiger partial charge in [-0.3, -0.25) is 19.3 Å². The Labute approximate surface area is 148 Å². The van der Waals surface area contributed by atoms with Crippen LogP contribution in [0.5, 0.6) is 5.75 Å². The van der Waals surface area contributed by atoms with Gasteiger partial charge in [-0.2, -0.15) is 0 Å². The molecule has 1 aromatic carbocycles. The second-order valence-electron chi connectivity index (χ2n) is 6.84. The molecule has 0 aliphatic carbocycles. The standard InChI is InChI=1S/C19H26N2O4/c1-6-12(3)20-17(23)11-21-14-10-13(15(22)7-2)8-9-16(14)25-19(4,5)18(21)24/h8-10,12H,6-7,11H2,1-5H3,(H,20,23). The summed E-state index contributed by atoms with van der Waals surface area (Å²) in [5, 5.41) is 2.86. The van der Waals surface area contributed by atoms with Gasteiger partial charge in [0.25, 0.3) is 5.91 Å². The number of ether oxygens (including phenoxy) is 1. The van der Waals surface area contributed by atoms with Crippen molar-refractivity contribution in [3.05, 3.63) is 23.8 Å². The molecule has 0 bridgehead atoms. The predicted molar refractivity (Wildman–Crippen MR) is 96.0 cm³/mol. The van der Waals surface area contributed by atoms with Gasteiger partial charge in [-0.25, -0.2) is 0 Å². The number of carbonyl (C=O) groups excluding carboxylic acids is 3. The van der Waals surface area contributed by atoms with E-state index in [2.05, 4.69) is 5.32 Å². The van der Waals surface area contributed by atoms with E-state index in [1.54, 1.807) is 39.0 Å². The third-order valence-corrected chi connectivity index (χ3v) is 4.34. The molecule has 1 N–H and O–H groups in total. The molecule has 0 saturated carbocycles. The van der Waals surface area contributed by atoms with Gasteiger partial charge in [-0.1, -0.05) is 13.8 Å². The third kappa shape index (κ3) is 4.00. The molecule has 0 radical (unpaired) electrons. The molecule has 0 spiro atoms. The summed E-state index contributed by atoms with van der Waals surface area (Å²) in [5.74, 6) is -0.0725. The van der Waals surface area contributed by atoms with E-state index in [4.69, 9.17) is 4.74 Å². The topological polar surface area (TPSA) is 75.7 Å². The maximum atomic E-state index is 12.8. The molecule has 0 aromatic heterocycles. The zero-order valence-corrected chi connectivity index (χ0v) is 15.5. The molecule has 6 nitrogen and oxygen atoms in total. The van der Waals surface area contributed by atoms with Crippen LogP contribution in [0, 0.1) is 0 Å². The Bertz CT molecular complexity index is 697. The van der Waals surface area contributed by atoms with Crippen LogP contribution in [0.15, 0.2) is 18.2 Å². The first kappa shape index (κ1) is 19.0. The highest BCUT2D eigenvalue weighted by molar-refractivity contribution is 6.07. The molecule has 2 amide bonds. The van der Waals surface area contributed by atoms with Crippen LogP contribution >= 0.6 is 0 Å². The molecular formula is C19H26N2O4. The first-order chi connectivity index (χ1) is 11.7. The second-order valence-corrected chi connectivity index (χ2v) is 6.84. The summed E-state index contributed by atoms with van der Waals surface area (Å²) in [6, 6.07) is 5.04. The summed E-state index contributed by atoms with van der Waals surface area (Å²) in [5.41, 5.74) is -0.104. The molecule has 1 atom stereocenters. The van der Waals surface area contributed by atoms with E-state index in [0.29, 0.717) is 23.4 Å². The van der Waals surface area contributed by atoms with Gasteiger partial charge in [0, 0.05) is 18.0 Å². The van der Waals surface area contributed by atoms with Gasteiger partial charge in [0.2, 0.25) is 5.91 Å². The number of hydrogen-bond acceptors (Lipinski definition) is 4. The molecule has 1 aliphatic heterocycles. The number of anilines is 1. The average Bonchev–Trinajstić information content (AvgIpc) is 2.57. The Morgan fingerprint density at radius 3 is 2.56 bits per heavy atom. The average molecular weight is 346 g/mol. The first-order valence-electron chi connectivity index (χ1n) is 8.67. The van der Waals surface area contributed by atoms with E-state index < -0.39 is 5.60 Å². The number of carbonyl (C=O) groups is 3. The van der Waals surface area contributed by atoms with Crippen molar-refractivity contribution in [1.82, 2.24) is 5.32 Å².